The molecule has 0 bridgehead atoms. The number of ether oxygens (including phenoxy) is 3. The summed E-state index contributed by atoms with van der Waals surface area (Å²) >= 11 is 0. The number of carbonyl (C=O) groups excluding carboxylic acids is 1. The first-order valence-electron chi connectivity index (χ1n) is 6.26. The van der Waals surface area contributed by atoms with Crippen LogP contribution < -0.4 is 0 Å². The molecule has 0 radical (unpaired) electrons. The summed E-state index contributed by atoms with van der Waals surface area (Å²) in [7, 11) is 3.07. The molecular weight excluding hydrogens is 258 g/mol. The van der Waals surface area contributed by atoms with Crippen LogP contribution in [-0.4, -0.2) is 31.6 Å². The van der Waals surface area contributed by atoms with Crippen molar-refractivity contribution in [2.45, 2.75) is 12.7 Å². The molecule has 106 valence electrons. The molecule has 1 aliphatic rings. The first kappa shape index (κ1) is 14.3. The maximum absolute atomic E-state index is 11.1. The van der Waals surface area contributed by atoms with Crippen LogP contribution in [0.2, 0.25) is 0 Å². The molecule has 1 aromatic rings. The third-order valence-electron chi connectivity index (χ3n) is 3.06. The summed E-state index contributed by atoms with van der Waals surface area (Å²) in [6.45, 7) is 0.350. The first-order chi connectivity index (χ1) is 9.78. The highest BCUT2D eigenvalue weighted by atomic mass is 16.5. The minimum absolute atomic E-state index is 0.350. The topological polar surface area (TPSA) is 57.6 Å². The van der Waals surface area contributed by atoms with E-state index < -0.39 is 5.92 Å². The zero-order valence-corrected chi connectivity index (χ0v) is 11.5. The summed E-state index contributed by atoms with van der Waals surface area (Å²) in [6.07, 6.45) is 5.62. The summed E-state index contributed by atoms with van der Waals surface area (Å²) < 4.78 is 16.2. The van der Waals surface area contributed by atoms with Crippen LogP contribution >= 0.6 is 0 Å². The van der Waals surface area contributed by atoms with Gasteiger partial charge in [-0.05, 0) is 18.2 Å². The largest absolute Gasteiger partial charge is 0.500 e. The van der Waals surface area contributed by atoms with Gasteiger partial charge in [0, 0.05) is 19.4 Å². The normalized spacial score (nSPS) is 21.7. The Bertz CT molecular complexity index is 510. The molecule has 1 aliphatic carbocycles. The fourth-order valence-corrected chi connectivity index (χ4v) is 2.00. The molecule has 0 saturated carbocycles. The van der Waals surface area contributed by atoms with Gasteiger partial charge in [-0.2, -0.15) is 0 Å². The predicted octanol–water partition coefficient (Wildman–Crippen LogP) is 1.86. The van der Waals surface area contributed by atoms with Crippen molar-refractivity contribution in [3.05, 3.63) is 53.8 Å². The zero-order chi connectivity index (χ0) is 14.4. The lowest BCUT2D eigenvalue weighted by Gasteiger charge is -2.25. The van der Waals surface area contributed by atoms with Crippen LogP contribution in [0.15, 0.2) is 48.1 Å². The number of aldehydes is 1. The number of rotatable bonds is 6. The summed E-state index contributed by atoms with van der Waals surface area (Å²) in [4.78, 5) is 15.3. The molecule has 0 N–H and O–H groups in total. The van der Waals surface area contributed by atoms with Gasteiger partial charge in [0.1, 0.15) is 30.3 Å². The number of allylic oxidation sites excluding steroid dienone is 1. The Kier molecular flexibility index (Phi) is 4.90. The first-order valence-corrected chi connectivity index (χ1v) is 6.26. The molecule has 0 saturated heterocycles. The Morgan fingerprint density at radius 3 is 2.80 bits per heavy atom. The molecule has 0 amide bonds. The van der Waals surface area contributed by atoms with Crippen molar-refractivity contribution in [3.63, 3.8) is 0 Å². The second kappa shape index (κ2) is 6.86. The molecule has 5 nitrogen and oxygen atoms in total. The van der Waals surface area contributed by atoms with Crippen LogP contribution in [0.3, 0.4) is 0 Å². The van der Waals surface area contributed by atoms with Gasteiger partial charge in [-0.15, -0.1) is 0 Å². The lowest BCUT2D eigenvalue weighted by Crippen LogP contribution is -2.28. The minimum Gasteiger partial charge on any atom is -0.500 e. The molecule has 0 fully saturated rings. The monoisotopic (exact) mass is 275 g/mol. The second-order valence-corrected chi connectivity index (χ2v) is 4.29. The lowest BCUT2D eigenvalue weighted by atomic mass is 9.96. The van der Waals surface area contributed by atoms with Gasteiger partial charge in [-0.3, -0.25) is 4.98 Å². The van der Waals surface area contributed by atoms with Crippen molar-refractivity contribution in [2.24, 2.45) is 5.92 Å². The van der Waals surface area contributed by atoms with Crippen LogP contribution in [0.25, 0.3) is 0 Å². The third kappa shape index (κ3) is 3.24. The van der Waals surface area contributed by atoms with Gasteiger partial charge in [0.05, 0.1) is 18.9 Å². The molecule has 1 aromatic heterocycles. The SMILES string of the molecule is COC1=CC(OCc2ccccn2)=CC(OC)C1C=O. The van der Waals surface area contributed by atoms with Crippen LogP contribution in [-0.2, 0) is 25.6 Å². The number of pyridine rings is 1. The van der Waals surface area contributed by atoms with Gasteiger partial charge >= 0.3 is 0 Å². The van der Waals surface area contributed by atoms with Crippen LogP contribution in [0, 0.1) is 5.92 Å². The van der Waals surface area contributed by atoms with Gasteiger partial charge in [0.25, 0.3) is 0 Å². The molecule has 0 aliphatic heterocycles. The van der Waals surface area contributed by atoms with E-state index in [4.69, 9.17) is 14.2 Å². The number of hydrogen-bond donors (Lipinski definition) is 0. The van der Waals surface area contributed by atoms with E-state index in [1.54, 1.807) is 25.5 Å². The summed E-state index contributed by atoms with van der Waals surface area (Å²) in [5.41, 5.74) is 0.826. The lowest BCUT2D eigenvalue weighted by molar-refractivity contribution is -0.114. The molecule has 2 rings (SSSR count). The van der Waals surface area contributed by atoms with Crippen molar-refractivity contribution in [1.82, 2.24) is 4.98 Å². The molecule has 1 heterocycles. The van der Waals surface area contributed by atoms with Gasteiger partial charge in [0.2, 0.25) is 0 Å². The average Bonchev–Trinajstić information content (AvgIpc) is 2.52. The highest BCUT2D eigenvalue weighted by Crippen LogP contribution is 2.26. The van der Waals surface area contributed by atoms with E-state index in [0.29, 0.717) is 18.1 Å². The van der Waals surface area contributed by atoms with Crippen molar-refractivity contribution in [3.8, 4) is 0 Å². The molecule has 2 atom stereocenters. The highest BCUT2D eigenvalue weighted by Gasteiger charge is 2.28. The Hall–Kier alpha value is -2.14. The maximum atomic E-state index is 11.1. The molecule has 5 heteroatoms. The average molecular weight is 275 g/mol. The van der Waals surface area contributed by atoms with Crippen molar-refractivity contribution in [1.29, 1.82) is 0 Å². The number of hydrogen-bond acceptors (Lipinski definition) is 5. The molecular formula is C15H17NO4. The predicted molar refractivity (Wildman–Crippen MR) is 72.6 cm³/mol. The molecule has 0 spiro atoms. The van der Waals surface area contributed by atoms with Gasteiger partial charge in [0.15, 0.2) is 0 Å². The molecule has 0 aromatic carbocycles. The van der Waals surface area contributed by atoms with Crippen molar-refractivity contribution >= 4 is 6.29 Å². The van der Waals surface area contributed by atoms with E-state index >= 15 is 0 Å². The fourth-order valence-electron chi connectivity index (χ4n) is 2.00. The maximum Gasteiger partial charge on any atom is 0.133 e. The Morgan fingerprint density at radius 1 is 1.35 bits per heavy atom. The van der Waals surface area contributed by atoms with Gasteiger partial charge in [-0.25, -0.2) is 0 Å². The van der Waals surface area contributed by atoms with Crippen molar-refractivity contribution in [2.75, 3.05) is 14.2 Å². The minimum atomic E-state index is -0.438. The Balaban J connectivity index is 2.09. The third-order valence-corrected chi connectivity index (χ3v) is 3.06. The fraction of sp³-hybridized carbons (Fsp3) is 0.333. The van der Waals surface area contributed by atoms with Crippen LogP contribution in [0.1, 0.15) is 5.69 Å². The zero-order valence-electron chi connectivity index (χ0n) is 11.5. The van der Waals surface area contributed by atoms with E-state index in [-0.39, 0.29) is 6.10 Å². The van der Waals surface area contributed by atoms with E-state index in [9.17, 15) is 4.79 Å². The summed E-state index contributed by atoms with van der Waals surface area (Å²) in [6, 6.07) is 5.63. The quantitative estimate of drug-likeness (QED) is 0.742. The van der Waals surface area contributed by atoms with Crippen LogP contribution in [0.5, 0.6) is 0 Å². The summed E-state index contributed by atoms with van der Waals surface area (Å²) in [5.74, 6) is 0.704. The Morgan fingerprint density at radius 2 is 2.20 bits per heavy atom. The number of aromatic nitrogens is 1. The molecule has 20 heavy (non-hydrogen) atoms. The Labute approximate surface area is 117 Å². The standard InChI is InChI=1S/C15H17NO4/c1-18-14-7-12(8-15(19-2)13(14)9-17)20-10-11-5-3-4-6-16-11/h3-9,13-14H,10H2,1-2H3. The summed E-state index contributed by atoms with van der Waals surface area (Å²) in [5, 5.41) is 0. The van der Waals surface area contributed by atoms with E-state index in [1.807, 2.05) is 18.2 Å². The number of nitrogens with zero attached hydrogens (tertiary/aromatic N) is 1. The van der Waals surface area contributed by atoms with E-state index in [1.165, 1.54) is 7.11 Å². The smallest absolute Gasteiger partial charge is 0.133 e. The number of methoxy groups -OCH3 is 2. The molecule has 2 unspecified atom stereocenters. The number of carbonyl (C=O) groups is 1. The van der Waals surface area contributed by atoms with E-state index in [0.717, 1.165) is 12.0 Å². The van der Waals surface area contributed by atoms with Gasteiger partial charge in [-0.1, -0.05) is 6.07 Å². The van der Waals surface area contributed by atoms with Crippen LogP contribution in [0.4, 0.5) is 0 Å². The second-order valence-electron chi connectivity index (χ2n) is 4.29. The van der Waals surface area contributed by atoms with Gasteiger partial charge < -0.3 is 19.0 Å². The van der Waals surface area contributed by atoms with Crippen molar-refractivity contribution < 1.29 is 19.0 Å². The van der Waals surface area contributed by atoms with E-state index in [2.05, 4.69) is 4.98 Å². The highest BCUT2D eigenvalue weighted by molar-refractivity contribution is 5.61.